The van der Waals surface area contributed by atoms with Crippen molar-refractivity contribution in [2.45, 2.75) is 13.1 Å². The van der Waals surface area contributed by atoms with Gasteiger partial charge in [0.25, 0.3) is 0 Å². The van der Waals surface area contributed by atoms with Gasteiger partial charge in [-0.25, -0.2) is 9.97 Å². The lowest BCUT2D eigenvalue weighted by molar-refractivity contribution is -0.383. The summed E-state index contributed by atoms with van der Waals surface area (Å²) in [5, 5.41) is 17.4. The fourth-order valence-corrected chi connectivity index (χ4v) is 2.87. The maximum Gasteiger partial charge on any atom is 0.416 e. The standard InChI is InChI=1S/C18H12Cl2F3N5O2/c1-9-11(19)3-2-4-13(9)26-16-15(28(29)30)17(25-8-24-16)27-14-7-10(18(21,22)23)5-6-12(14)20/h2-8H,1H3,(H2,24,25,26,27). The molecule has 2 aromatic carbocycles. The molecule has 0 amide bonds. The van der Waals surface area contributed by atoms with Gasteiger partial charge >= 0.3 is 11.9 Å². The number of nitrogens with zero attached hydrogens (tertiary/aromatic N) is 3. The second-order valence-corrected chi connectivity index (χ2v) is 6.85. The number of nitro groups is 1. The Morgan fingerprint density at radius 1 is 1.00 bits per heavy atom. The summed E-state index contributed by atoms with van der Waals surface area (Å²) in [6, 6.07) is 7.52. The average molecular weight is 458 g/mol. The molecule has 0 unspecified atom stereocenters. The van der Waals surface area contributed by atoms with Gasteiger partial charge in [0.1, 0.15) is 6.33 Å². The lowest BCUT2D eigenvalue weighted by atomic mass is 10.2. The summed E-state index contributed by atoms with van der Waals surface area (Å²) in [5.74, 6) is -0.510. The minimum Gasteiger partial charge on any atom is -0.334 e. The molecule has 1 aromatic heterocycles. The first-order valence-electron chi connectivity index (χ1n) is 8.23. The highest BCUT2D eigenvalue weighted by Gasteiger charge is 2.31. The summed E-state index contributed by atoms with van der Waals surface area (Å²) in [6.45, 7) is 1.71. The number of benzene rings is 2. The Kier molecular flexibility index (Phi) is 5.99. The Bertz CT molecular complexity index is 1130. The Hall–Kier alpha value is -3.11. The van der Waals surface area contributed by atoms with Gasteiger partial charge < -0.3 is 10.6 Å². The molecule has 3 rings (SSSR count). The van der Waals surface area contributed by atoms with Crippen LogP contribution in [0.4, 0.5) is 41.9 Å². The zero-order chi connectivity index (χ0) is 22.1. The zero-order valence-corrected chi connectivity index (χ0v) is 16.6. The van der Waals surface area contributed by atoms with Crippen LogP contribution < -0.4 is 10.6 Å². The molecule has 156 valence electrons. The summed E-state index contributed by atoms with van der Waals surface area (Å²) in [6.07, 6.45) is -3.59. The van der Waals surface area contributed by atoms with Crippen LogP contribution in [0.5, 0.6) is 0 Å². The van der Waals surface area contributed by atoms with Crippen molar-refractivity contribution < 1.29 is 18.1 Å². The molecular weight excluding hydrogens is 446 g/mol. The molecule has 0 aliphatic carbocycles. The molecule has 3 aromatic rings. The summed E-state index contributed by atoms with van der Waals surface area (Å²) in [5.41, 5.74) is -0.655. The molecule has 0 fully saturated rings. The predicted octanol–water partition coefficient (Wildman–Crippen LogP) is 6.51. The topological polar surface area (TPSA) is 93.0 Å². The molecule has 0 radical (unpaired) electrons. The monoisotopic (exact) mass is 457 g/mol. The number of alkyl halides is 3. The van der Waals surface area contributed by atoms with Crippen LogP contribution in [0, 0.1) is 17.0 Å². The molecule has 7 nitrogen and oxygen atoms in total. The number of nitrogens with one attached hydrogen (secondary N) is 2. The molecule has 30 heavy (non-hydrogen) atoms. The molecule has 0 saturated carbocycles. The van der Waals surface area contributed by atoms with E-state index in [1.807, 2.05) is 0 Å². The maximum absolute atomic E-state index is 13.0. The van der Waals surface area contributed by atoms with Crippen molar-refractivity contribution in [1.29, 1.82) is 0 Å². The second kappa shape index (κ2) is 8.33. The van der Waals surface area contributed by atoms with Gasteiger partial charge in [-0.3, -0.25) is 10.1 Å². The van der Waals surface area contributed by atoms with Crippen LogP contribution in [0.25, 0.3) is 0 Å². The first-order chi connectivity index (χ1) is 14.1. The third-order valence-corrected chi connectivity index (χ3v) is 4.81. The van der Waals surface area contributed by atoms with Crippen molar-refractivity contribution in [3.63, 3.8) is 0 Å². The Morgan fingerprint density at radius 3 is 2.23 bits per heavy atom. The van der Waals surface area contributed by atoms with Gasteiger partial charge in [0, 0.05) is 10.7 Å². The van der Waals surface area contributed by atoms with E-state index in [1.54, 1.807) is 25.1 Å². The number of aromatic nitrogens is 2. The van der Waals surface area contributed by atoms with Gasteiger partial charge in [-0.15, -0.1) is 0 Å². The van der Waals surface area contributed by atoms with Crippen LogP contribution in [0.3, 0.4) is 0 Å². The van der Waals surface area contributed by atoms with Crippen LogP contribution in [0.15, 0.2) is 42.7 Å². The number of halogens is 5. The van der Waals surface area contributed by atoms with Crippen molar-refractivity contribution in [1.82, 2.24) is 9.97 Å². The number of anilines is 4. The Labute approximate surface area is 178 Å². The molecular formula is C18H12Cl2F3N5O2. The van der Waals surface area contributed by atoms with Gasteiger partial charge in [-0.05, 0) is 42.8 Å². The van der Waals surface area contributed by atoms with Crippen LogP contribution in [-0.2, 0) is 6.18 Å². The van der Waals surface area contributed by atoms with E-state index >= 15 is 0 Å². The SMILES string of the molecule is Cc1c(Cl)cccc1Nc1ncnc(Nc2cc(C(F)(F)F)ccc2Cl)c1[N+](=O)[O-]. The highest BCUT2D eigenvalue weighted by molar-refractivity contribution is 6.33. The van der Waals surface area contributed by atoms with Crippen molar-refractivity contribution >= 4 is 51.9 Å². The molecule has 0 aliphatic rings. The quantitative estimate of drug-likeness (QED) is 0.335. The van der Waals surface area contributed by atoms with Gasteiger partial charge in [0.05, 0.1) is 21.2 Å². The zero-order valence-electron chi connectivity index (χ0n) is 15.1. The minimum absolute atomic E-state index is 0.0731. The maximum atomic E-state index is 13.0. The van der Waals surface area contributed by atoms with Crippen LogP contribution in [-0.4, -0.2) is 14.9 Å². The normalized spacial score (nSPS) is 11.3. The van der Waals surface area contributed by atoms with E-state index in [2.05, 4.69) is 20.6 Å². The molecule has 0 saturated heterocycles. The number of hydrogen-bond acceptors (Lipinski definition) is 6. The number of hydrogen-bond donors (Lipinski definition) is 2. The van der Waals surface area contributed by atoms with E-state index in [0.29, 0.717) is 16.3 Å². The van der Waals surface area contributed by atoms with E-state index in [9.17, 15) is 23.3 Å². The predicted molar refractivity (Wildman–Crippen MR) is 108 cm³/mol. The van der Waals surface area contributed by atoms with Crippen LogP contribution in [0.2, 0.25) is 10.0 Å². The minimum atomic E-state index is -4.62. The third-order valence-electron chi connectivity index (χ3n) is 4.07. The Balaban J connectivity index is 2.04. The molecule has 0 aliphatic heterocycles. The largest absolute Gasteiger partial charge is 0.416 e. The summed E-state index contributed by atoms with van der Waals surface area (Å²) in [7, 11) is 0. The summed E-state index contributed by atoms with van der Waals surface area (Å²) < 4.78 is 39.0. The third kappa shape index (κ3) is 4.55. The van der Waals surface area contributed by atoms with Crippen molar-refractivity contribution in [3.05, 3.63) is 74.0 Å². The lowest BCUT2D eigenvalue weighted by Crippen LogP contribution is -2.08. The van der Waals surface area contributed by atoms with Gasteiger partial charge in [-0.2, -0.15) is 13.2 Å². The van der Waals surface area contributed by atoms with Crippen LogP contribution in [0.1, 0.15) is 11.1 Å². The van der Waals surface area contributed by atoms with Crippen molar-refractivity contribution in [2.75, 3.05) is 10.6 Å². The van der Waals surface area contributed by atoms with Crippen molar-refractivity contribution in [3.8, 4) is 0 Å². The lowest BCUT2D eigenvalue weighted by Gasteiger charge is -2.14. The summed E-state index contributed by atoms with van der Waals surface area (Å²) >= 11 is 12.0. The van der Waals surface area contributed by atoms with Gasteiger partial charge in [-0.1, -0.05) is 29.3 Å². The number of rotatable bonds is 5. The molecule has 2 N–H and O–H groups in total. The smallest absolute Gasteiger partial charge is 0.334 e. The molecule has 0 atom stereocenters. The van der Waals surface area contributed by atoms with E-state index in [1.165, 1.54) is 0 Å². The highest BCUT2D eigenvalue weighted by Crippen LogP contribution is 2.38. The van der Waals surface area contributed by atoms with E-state index < -0.39 is 22.4 Å². The van der Waals surface area contributed by atoms with Gasteiger partial charge in [0.15, 0.2) is 0 Å². The molecule has 12 heteroatoms. The van der Waals surface area contributed by atoms with Crippen molar-refractivity contribution in [2.24, 2.45) is 0 Å². The fourth-order valence-electron chi connectivity index (χ4n) is 2.53. The Morgan fingerprint density at radius 2 is 1.63 bits per heavy atom. The fraction of sp³-hybridized carbons (Fsp3) is 0.111. The first kappa shape index (κ1) is 21.6. The first-order valence-corrected chi connectivity index (χ1v) is 8.99. The van der Waals surface area contributed by atoms with E-state index in [0.717, 1.165) is 24.5 Å². The molecule has 0 bridgehead atoms. The average Bonchev–Trinajstić information content (AvgIpc) is 2.66. The molecule has 1 heterocycles. The van der Waals surface area contributed by atoms with Gasteiger partial charge in [0.2, 0.25) is 11.6 Å². The van der Waals surface area contributed by atoms with E-state index in [4.69, 9.17) is 23.2 Å². The molecule has 0 spiro atoms. The second-order valence-electron chi connectivity index (χ2n) is 6.03. The summed E-state index contributed by atoms with van der Waals surface area (Å²) in [4.78, 5) is 18.6. The van der Waals surface area contributed by atoms with Crippen LogP contribution >= 0.6 is 23.2 Å². The van der Waals surface area contributed by atoms with E-state index in [-0.39, 0.29) is 22.3 Å². The highest BCUT2D eigenvalue weighted by atomic mass is 35.5.